The first-order valence-corrected chi connectivity index (χ1v) is 5.41. The van der Waals surface area contributed by atoms with Crippen molar-refractivity contribution in [2.24, 2.45) is 5.92 Å². The van der Waals surface area contributed by atoms with Crippen molar-refractivity contribution in [2.45, 2.75) is 32.1 Å². The fourth-order valence-corrected chi connectivity index (χ4v) is 1.83. The van der Waals surface area contributed by atoms with Gasteiger partial charge >= 0.3 is 5.97 Å². The maximum Gasteiger partial charge on any atom is 0.336 e. The van der Waals surface area contributed by atoms with Crippen LogP contribution in [0.4, 0.5) is 0 Å². The molecule has 0 radical (unpaired) electrons. The minimum Gasteiger partial charge on any atom is -0.330 e. The summed E-state index contributed by atoms with van der Waals surface area (Å²) in [5.74, 6) is -1.56. The maximum absolute atomic E-state index is 11.6. The Labute approximate surface area is 93.0 Å². The first-order chi connectivity index (χ1) is 7.68. The van der Waals surface area contributed by atoms with Gasteiger partial charge in [0.1, 0.15) is 0 Å². The number of imide groups is 1. The molecule has 0 aromatic heterocycles. The normalized spacial score (nSPS) is 25.0. The average molecular weight is 223 g/mol. The largest absolute Gasteiger partial charge is 0.336 e. The highest BCUT2D eigenvalue weighted by atomic mass is 16.7. The van der Waals surface area contributed by atoms with Crippen LogP contribution in [0.3, 0.4) is 0 Å². The van der Waals surface area contributed by atoms with Gasteiger partial charge in [-0.15, -0.1) is 5.06 Å². The van der Waals surface area contributed by atoms with Crippen molar-refractivity contribution in [1.82, 2.24) is 5.06 Å². The van der Waals surface area contributed by atoms with Gasteiger partial charge in [0.25, 0.3) is 11.8 Å². The lowest BCUT2D eigenvalue weighted by Gasteiger charge is -2.19. The van der Waals surface area contributed by atoms with Crippen LogP contribution in [-0.4, -0.2) is 22.8 Å². The number of allylic oxidation sites excluding steroid dienone is 2. The van der Waals surface area contributed by atoms with Crippen molar-refractivity contribution in [1.29, 1.82) is 0 Å². The lowest BCUT2D eigenvalue weighted by atomic mass is 9.95. The van der Waals surface area contributed by atoms with Gasteiger partial charge in [0.15, 0.2) is 0 Å². The molecule has 0 aromatic carbocycles. The summed E-state index contributed by atoms with van der Waals surface area (Å²) >= 11 is 0. The molecule has 0 spiro atoms. The zero-order chi connectivity index (χ0) is 11.5. The van der Waals surface area contributed by atoms with E-state index >= 15 is 0 Å². The molecule has 5 nitrogen and oxygen atoms in total. The van der Waals surface area contributed by atoms with E-state index in [1.807, 2.05) is 12.2 Å². The van der Waals surface area contributed by atoms with Gasteiger partial charge in [-0.2, -0.15) is 0 Å². The van der Waals surface area contributed by atoms with Crippen LogP contribution in [0.5, 0.6) is 0 Å². The first kappa shape index (κ1) is 10.9. The highest BCUT2D eigenvalue weighted by molar-refractivity contribution is 6.01. The molecule has 5 heteroatoms. The minimum absolute atomic E-state index is 0.136. The second-order valence-electron chi connectivity index (χ2n) is 3.97. The molecule has 2 amide bonds. The predicted octanol–water partition coefficient (Wildman–Crippen LogP) is 0.950. The second kappa shape index (κ2) is 4.47. The average Bonchev–Trinajstić information content (AvgIpc) is 2.62. The summed E-state index contributed by atoms with van der Waals surface area (Å²) in [7, 11) is 0. The fraction of sp³-hybridized carbons (Fsp3) is 0.545. The molecule has 0 saturated carbocycles. The number of carbonyl (C=O) groups is 3. The van der Waals surface area contributed by atoms with Gasteiger partial charge in [0, 0.05) is 12.8 Å². The van der Waals surface area contributed by atoms with Crippen LogP contribution in [-0.2, 0) is 19.2 Å². The summed E-state index contributed by atoms with van der Waals surface area (Å²) in [6.07, 6.45) is 6.37. The molecule has 86 valence electrons. The van der Waals surface area contributed by atoms with E-state index in [0.29, 0.717) is 17.9 Å². The Morgan fingerprint density at radius 3 is 2.50 bits per heavy atom. The smallest absolute Gasteiger partial charge is 0.330 e. The van der Waals surface area contributed by atoms with Crippen molar-refractivity contribution in [3.8, 4) is 0 Å². The Morgan fingerprint density at radius 1 is 1.25 bits per heavy atom. The van der Waals surface area contributed by atoms with Gasteiger partial charge in [0.2, 0.25) is 0 Å². The number of hydroxylamine groups is 2. The topological polar surface area (TPSA) is 63.7 Å². The molecule has 1 saturated heterocycles. The first-order valence-electron chi connectivity index (χ1n) is 5.41. The Morgan fingerprint density at radius 2 is 1.94 bits per heavy atom. The standard InChI is InChI=1S/C11H13NO4/c13-9-6-7-10(14)12(9)16-11(15)8-4-2-1-3-5-8/h1-2,8H,3-7H2. The third-order valence-corrected chi connectivity index (χ3v) is 2.79. The van der Waals surface area contributed by atoms with E-state index in [4.69, 9.17) is 4.84 Å². The summed E-state index contributed by atoms with van der Waals surface area (Å²) in [6, 6.07) is 0. The third-order valence-electron chi connectivity index (χ3n) is 2.79. The molecule has 1 atom stereocenters. The van der Waals surface area contributed by atoms with Crippen LogP contribution < -0.4 is 0 Å². The molecule has 1 fully saturated rings. The van der Waals surface area contributed by atoms with Crippen LogP contribution in [0.2, 0.25) is 0 Å². The van der Waals surface area contributed by atoms with Crippen LogP contribution in [0.25, 0.3) is 0 Å². The Bertz CT molecular complexity index is 345. The quantitative estimate of drug-likeness (QED) is 0.516. The second-order valence-corrected chi connectivity index (χ2v) is 3.97. The lowest BCUT2D eigenvalue weighted by molar-refractivity contribution is -0.200. The van der Waals surface area contributed by atoms with Crippen LogP contribution in [0, 0.1) is 5.92 Å². The van der Waals surface area contributed by atoms with Gasteiger partial charge in [0.05, 0.1) is 5.92 Å². The molecule has 0 N–H and O–H groups in total. The zero-order valence-corrected chi connectivity index (χ0v) is 8.85. The molecule has 1 unspecified atom stereocenters. The van der Waals surface area contributed by atoms with E-state index in [9.17, 15) is 14.4 Å². The highest BCUT2D eigenvalue weighted by Gasteiger charge is 2.34. The van der Waals surface area contributed by atoms with E-state index in [0.717, 1.165) is 6.42 Å². The SMILES string of the molecule is O=C(ON1C(=O)CCC1=O)C1CC=CCC1. The van der Waals surface area contributed by atoms with E-state index < -0.39 is 17.8 Å². The number of carbonyl (C=O) groups excluding carboxylic acids is 3. The fourth-order valence-electron chi connectivity index (χ4n) is 1.83. The van der Waals surface area contributed by atoms with E-state index in [-0.39, 0.29) is 18.8 Å². The van der Waals surface area contributed by atoms with Gasteiger partial charge < -0.3 is 4.84 Å². The lowest BCUT2D eigenvalue weighted by Crippen LogP contribution is -2.34. The Kier molecular flexibility index (Phi) is 3.03. The highest BCUT2D eigenvalue weighted by Crippen LogP contribution is 2.21. The maximum atomic E-state index is 11.6. The molecular weight excluding hydrogens is 210 g/mol. The van der Waals surface area contributed by atoms with E-state index in [1.54, 1.807) is 0 Å². The number of rotatable bonds is 2. The summed E-state index contributed by atoms with van der Waals surface area (Å²) in [5.41, 5.74) is 0. The molecular formula is C11H13NO4. The summed E-state index contributed by atoms with van der Waals surface area (Å²) in [4.78, 5) is 38.9. The van der Waals surface area contributed by atoms with Gasteiger partial charge in [-0.3, -0.25) is 9.59 Å². The molecule has 1 heterocycles. The van der Waals surface area contributed by atoms with Crippen LogP contribution >= 0.6 is 0 Å². The van der Waals surface area contributed by atoms with Crippen LogP contribution in [0.1, 0.15) is 32.1 Å². The molecule has 1 aliphatic carbocycles. The van der Waals surface area contributed by atoms with Crippen molar-refractivity contribution in [3.63, 3.8) is 0 Å². The number of hydrogen-bond donors (Lipinski definition) is 0. The van der Waals surface area contributed by atoms with Gasteiger partial charge in [-0.25, -0.2) is 4.79 Å². The van der Waals surface area contributed by atoms with Crippen molar-refractivity contribution in [3.05, 3.63) is 12.2 Å². The number of hydrogen-bond acceptors (Lipinski definition) is 4. The van der Waals surface area contributed by atoms with Crippen molar-refractivity contribution in [2.75, 3.05) is 0 Å². The molecule has 2 rings (SSSR count). The molecule has 1 aliphatic heterocycles. The summed E-state index contributed by atoms with van der Waals surface area (Å²) in [5, 5.41) is 0.612. The molecule has 16 heavy (non-hydrogen) atoms. The van der Waals surface area contributed by atoms with Crippen molar-refractivity contribution >= 4 is 17.8 Å². The summed E-state index contributed by atoms with van der Waals surface area (Å²) < 4.78 is 0. The minimum atomic E-state index is -0.479. The zero-order valence-electron chi connectivity index (χ0n) is 8.85. The van der Waals surface area contributed by atoms with E-state index in [2.05, 4.69) is 0 Å². The Hall–Kier alpha value is -1.65. The number of nitrogens with zero attached hydrogens (tertiary/aromatic N) is 1. The van der Waals surface area contributed by atoms with E-state index in [1.165, 1.54) is 0 Å². The number of amides is 2. The summed E-state index contributed by atoms with van der Waals surface area (Å²) in [6.45, 7) is 0. The van der Waals surface area contributed by atoms with Crippen molar-refractivity contribution < 1.29 is 19.2 Å². The van der Waals surface area contributed by atoms with Crippen LogP contribution in [0.15, 0.2) is 12.2 Å². The Balaban J connectivity index is 1.93. The molecule has 2 aliphatic rings. The van der Waals surface area contributed by atoms with Gasteiger partial charge in [-0.1, -0.05) is 12.2 Å². The molecule has 0 aromatic rings. The monoisotopic (exact) mass is 223 g/mol. The molecule has 0 bridgehead atoms. The predicted molar refractivity (Wildman–Crippen MR) is 53.7 cm³/mol. The third kappa shape index (κ3) is 2.13. The van der Waals surface area contributed by atoms with Gasteiger partial charge in [-0.05, 0) is 19.3 Å².